The van der Waals surface area contributed by atoms with Crippen LogP contribution in [-0.2, 0) is 38.7 Å². The number of hydrogen-bond acceptors (Lipinski definition) is 6. The minimum absolute atomic E-state index is 0. The number of allylic oxidation sites excluding steroid dienone is 4. The molecule has 0 unspecified atom stereocenters. The van der Waals surface area contributed by atoms with Crippen molar-refractivity contribution in [1.82, 2.24) is 0 Å². The molecule has 0 aromatic heterocycles. The summed E-state index contributed by atoms with van der Waals surface area (Å²) in [5, 5.41) is 17.6. The Morgan fingerprint density at radius 3 is 1.04 bits per heavy atom. The van der Waals surface area contributed by atoms with Gasteiger partial charge in [-0.3, -0.25) is 23.2 Å². The standard InChI is InChI=1S/2C7H12O2.2CHO.Ru/c2*1-3-6(8)5-7(9)4-2;2*1-2;/h2*5,8H,3-4H2,1-2H3;2*1H;/q;;2*-1;+2/b2*6-5-;;;. The second-order valence-electron chi connectivity index (χ2n) is 3.62. The molecular formula is C16H26O6Ru. The van der Waals surface area contributed by atoms with Gasteiger partial charge in [-0.1, -0.05) is 27.7 Å². The maximum absolute atomic E-state index is 10.5. The van der Waals surface area contributed by atoms with Gasteiger partial charge >= 0.3 is 19.5 Å². The van der Waals surface area contributed by atoms with E-state index in [1.54, 1.807) is 27.7 Å². The third kappa shape index (κ3) is 33.3. The van der Waals surface area contributed by atoms with Gasteiger partial charge < -0.3 is 19.8 Å². The summed E-state index contributed by atoms with van der Waals surface area (Å²) in [5.74, 6) is 0.299. The zero-order valence-electron chi connectivity index (χ0n) is 14.0. The minimum Gasteiger partial charge on any atom is -0.545 e. The van der Waals surface area contributed by atoms with Gasteiger partial charge in [-0.25, -0.2) is 0 Å². The fraction of sp³-hybridized carbons (Fsp3) is 0.500. The molecule has 0 fully saturated rings. The van der Waals surface area contributed by atoms with Crippen molar-refractivity contribution in [3.05, 3.63) is 23.7 Å². The second-order valence-corrected chi connectivity index (χ2v) is 3.62. The Morgan fingerprint density at radius 2 is 0.913 bits per heavy atom. The molecule has 0 bridgehead atoms. The van der Waals surface area contributed by atoms with E-state index in [2.05, 4.69) is 13.6 Å². The van der Waals surface area contributed by atoms with Crippen molar-refractivity contribution in [3.8, 4) is 0 Å². The van der Waals surface area contributed by atoms with Crippen LogP contribution < -0.4 is 0 Å². The summed E-state index contributed by atoms with van der Waals surface area (Å²) < 4.78 is 0. The predicted molar refractivity (Wildman–Crippen MR) is 86.1 cm³/mol. The van der Waals surface area contributed by atoms with Gasteiger partial charge in [0.15, 0.2) is 11.6 Å². The largest absolute Gasteiger partial charge is 2.00 e. The molecule has 0 aromatic carbocycles. The Morgan fingerprint density at radius 1 is 0.696 bits per heavy atom. The number of aliphatic hydroxyl groups is 2. The first-order valence-corrected chi connectivity index (χ1v) is 6.72. The Hall–Kier alpha value is -1.62. The molecule has 0 spiro atoms. The number of hydrogen-bond donors (Lipinski definition) is 2. The van der Waals surface area contributed by atoms with Crippen LogP contribution in [0.1, 0.15) is 53.4 Å². The molecule has 2 N–H and O–H groups in total. The van der Waals surface area contributed by atoms with Crippen molar-refractivity contribution >= 4 is 25.1 Å². The number of rotatable bonds is 6. The normalized spacial score (nSPS) is 9.39. The van der Waals surface area contributed by atoms with Crippen LogP contribution in [-0.4, -0.2) is 35.4 Å². The molecule has 0 heterocycles. The van der Waals surface area contributed by atoms with Crippen LogP contribution in [0.4, 0.5) is 0 Å². The number of ketones is 2. The summed E-state index contributed by atoms with van der Waals surface area (Å²) in [4.78, 5) is 36.6. The van der Waals surface area contributed by atoms with Gasteiger partial charge in [0.25, 0.3) is 0 Å². The van der Waals surface area contributed by atoms with E-state index in [1.807, 2.05) is 0 Å². The van der Waals surface area contributed by atoms with Crippen LogP contribution in [0.3, 0.4) is 0 Å². The third-order valence-electron chi connectivity index (χ3n) is 2.08. The summed E-state index contributed by atoms with van der Waals surface area (Å²) in [7, 11) is 0. The molecule has 0 atom stereocenters. The zero-order valence-corrected chi connectivity index (χ0v) is 15.8. The van der Waals surface area contributed by atoms with Crippen LogP contribution in [0, 0.1) is 0 Å². The molecule has 0 amide bonds. The first kappa shape index (κ1) is 33.1. The molecule has 134 valence electrons. The fourth-order valence-corrected chi connectivity index (χ4v) is 0.780. The Balaban J connectivity index is -0.0000000743. The van der Waals surface area contributed by atoms with Gasteiger partial charge in [-0.15, -0.1) is 0 Å². The molecule has 0 aliphatic rings. The van der Waals surface area contributed by atoms with E-state index >= 15 is 0 Å². The topological polar surface area (TPSA) is 109 Å². The van der Waals surface area contributed by atoms with E-state index in [4.69, 9.17) is 19.8 Å². The van der Waals surface area contributed by atoms with Gasteiger partial charge in [-0.2, -0.15) is 0 Å². The van der Waals surface area contributed by atoms with E-state index in [1.165, 1.54) is 12.2 Å². The monoisotopic (exact) mass is 416 g/mol. The number of carbonyl (C=O) groups is 2. The first-order valence-electron chi connectivity index (χ1n) is 6.72. The van der Waals surface area contributed by atoms with Crippen molar-refractivity contribution in [3.63, 3.8) is 0 Å². The van der Waals surface area contributed by atoms with Gasteiger partial charge in [0, 0.05) is 37.8 Å². The van der Waals surface area contributed by atoms with Crippen molar-refractivity contribution in [2.24, 2.45) is 0 Å². The van der Waals surface area contributed by atoms with Gasteiger partial charge in [-0.05, 0) is 0 Å². The summed E-state index contributed by atoms with van der Waals surface area (Å²) in [6, 6.07) is 0. The quantitative estimate of drug-likeness (QED) is 0.227. The molecule has 0 aromatic rings. The van der Waals surface area contributed by atoms with Crippen LogP contribution in [0.2, 0.25) is 0 Å². The molecule has 7 heteroatoms. The third-order valence-corrected chi connectivity index (χ3v) is 2.08. The summed E-state index contributed by atoms with van der Waals surface area (Å²) in [6.45, 7) is 13.6. The van der Waals surface area contributed by atoms with Crippen LogP contribution in [0.15, 0.2) is 23.7 Å². The van der Waals surface area contributed by atoms with E-state index < -0.39 is 0 Å². The Labute approximate surface area is 151 Å². The van der Waals surface area contributed by atoms with E-state index in [9.17, 15) is 9.59 Å². The summed E-state index contributed by atoms with van der Waals surface area (Å²) in [6.07, 6.45) is 4.55. The van der Waals surface area contributed by atoms with Gasteiger partial charge in [0.2, 0.25) is 0 Å². The van der Waals surface area contributed by atoms with E-state index in [0.29, 0.717) is 25.7 Å². The summed E-state index contributed by atoms with van der Waals surface area (Å²) in [5.41, 5.74) is 0. The van der Waals surface area contributed by atoms with Gasteiger partial charge in [0.1, 0.15) is 0 Å². The molecule has 0 aliphatic heterocycles. The van der Waals surface area contributed by atoms with Crippen LogP contribution in [0.5, 0.6) is 0 Å². The Kier molecular flexibility index (Phi) is 41.1. The molecule has 0 aliphatic carbocycles. The molecule has 0 rings (SSSR count). The van der Waals surface area contributed by atoms with Crippen molar-refractivity contribution in [2.45, 2.75) is 53.4 Å². The van der Waals surface area contributed by atoms with E-state index in [0.717, 1.165) is 0 Å². The average molecular weight is 415 g/mol. The fourth-order valence-electron chi connectivity index (χ4n) is 0.780. The minimum atomic E-state index is -0.0191. The number of aliphatic hydroxyl groups excluding tert-OH is 2. The molecule has 0 saturated carbocycles. The van der Waals surface area contributed by atoms with Gasteiger partial charge in [0.05, 0.1) is 11.5 Å². The van der Waals surface area contributed by atoms with E-state index in [-0.39, 0.29) is 42.6 Å². The summed E-state index contributed by atoms with van der Waals surface area (Å²) >= 11 is 0. The van der Waals surface area contributed by atoms with Crippen molar-refractivity contribution in [2.75, 3.05) is 0 Å². The van der Waals surface area contributed by atoms with Crippen molar-refractivity contribution in [1.29, 1.82) is 0 Å². The first-order chi connectivity index (χ1) is 10.4. The maximum Gasteiger partial charge on any atom is 2.00 e. The second kappa shape index (κ2) is 28.5. The van der Waals surface area contributed by atoms with Crippen LogP contribution in [0.25, 0.3) is 0 Å². The molecule has 23 heavy (non-hydrogen) atoms. The smallest absolute Gasteiger partial charge is 0.545 e. The SMILES string of the molecule is CCC(=O)/C=C(\O)CC.CCC(=O)/C=C(\O)CC.[CH-]=O.[CH-]=O.[Ru+2]. The van der Waals surface area contributed by atoms with Crippen LogP contribution >= 0.6 is 0 Å². The predicted octanol–water partition coefficient (Wildman–Crippen LogP) is 3.08. The number of carbonyl (C=O) groups excluding carboxylic acids is 4. The zero-order chi connectivity index (χ0) is 18.6. The molecule has 0 saturated heterocycles. The molecule has 0 radical (unpaired) electrons. The average Bonchev–Trinajstić information content (AvgIpc) is 2.58. The molecule has 6 nitrogen and oxygen atoms in total. The maximum atomic E-state index is 10.5. The Bertz CT molecular complexity index is 316. The molecular weight excluding hydrogens is 389 g/mol. The van der Waals surface area contributed by atoms with Crippen molar-refractivity contribution < 1.29 is 48.9 Å².